The summed E-state index contributed by atoms with van der Waals surface area (Å²) in [4.78, 5) is 4.84. The van der Waals surface area contributed by atoms with E-state index in [0.29, 0.717) is 0 Å². The second kappa shape index (κ2) is 4.43. The monoisotopic (exact) mass is 260 g/mol. The third-order valence-corrected chi connectivity index (χ3v) is 4.08. The summed E-state index contributed by atoms with van der Waals surface area (Å²) < 4.78 is 0. The van der Waals surface area contributed by atoms with Crippen molar-refractivity contribution in [1.82, 2.24) is 0 Å². The molecule has 0 saturated heterocycles. The van der Waals surface area contributed by atoms with Gasteiger partial charge in [0.15, 0.2) is 0 Å². The van der Waals surface area contributed by atoms with Crippen molar-refractivity contribution in [2.45, 2.75) is 12.8 Å². The fourth-order valence-corrected chi connectivity index (χ4v) is 3.21. The maximum atomic E-state index is 5.71. The Kier molecular flexibility index (Phi) is 2.57. The first-order chi connectivity index (χ1) is 9.90. The van der Waals surface area contributed by atoms with E-state index in [1.54, 1.807) is 0 Å². The Hall–Kier alpha value is -2.19. The lowest BCUT2D eigenvalue weighted by molar-refractivity contribution is 0.867. The topological polar surface area (TPSA) is 38.4 Å². The van der Waals surface area contributed by atoms with Crippen molar-refractivity contribution < 1.29 is 0 Å². The van der Waals surface area contributed by atoms with Crippen molar-refractivity contribution in [3.05, 3.63) is 65.2 Å². The Morgan fingerprint density at radius 2 is 1.55 bits per heavy atom. The van der Waals surface area contributed by atoms with Crippen molar-refractivity contribution in [3.8, 4) is 0 Å². The predicted molar refractivity (Wildman–Crippen MR) is 84.2 cm³/mol. The Bertz CT molecular complexity index is 754. The Balaban J connectivity index is 1.95. The van der Waals surface area contributed by atoms with Gasteiger partial charge in [-0.1, -0.05) is 42.5 Å². The van der Waals surface area contributed by atoms with Crippen LogP contribution in [0.2, 0.25) is 0 Å². The highest BCUT2D eigenvalue weighted by molar-refractivity contribution is 6.45. The fourth-order valence-electron chi connectivity index (χ4n) is 3.21. The number of hydrogen-bond acceptors (Lipinski definition) is 2. The summed E-state index contributed by atoms with van der Waals surface area (Å²) in [6.45, 7) is 0.729. The standard InChI is InChI=1S/C18H16N2/c19-11-5-9-13-12-6-1-2-7-14(12)18-17(13)15-8-3-4-10-16(15)20-18/h1-4,6-8,10H,5,9,11,19H2. The van der Waals surface area contributed by atoms with Gasteiger partial charge >= 0.3 is 0 Å². The minimum absolute atomic E-state index is 0.729. The molecule has 1 aliphatic carbocycles. The second-order valence-electron chi connectivity index (χ2n) is 5.27. The molecule has 0 atom stereocenters. The molecule has 0 fully saturated rings. The summed E-state index contributed by atoms with van der Waals surface area (Å²) in [6.07, 6.45) is 2.04. The molecule has 0 radical (unpaired) electrons. The number of hydrogen-bond donors (Lipinski definition) is 1. The molecule has 2 N–H and O–H groups in total. The van der Waals surface area contributed by atoms with Gasteiger partial charge in [-0.2, -0.15) is 0 Å². The van der Waals surface area contributed by atoms with Crippen LogP contribution in [0.25, 0.3) is 11.1 Å². The van der Waals surface area contributed by atoms with E-state index >= 15 is 0 Å². The van der Waals surface area contributed by atoms with Gasteiger partial charge in [0.1, 0.15) is 0 Å². The molecule has 2 aromatic rings. The first kappa shape index (κ1) is 11.6. The summed E-state index contributed by atoms with van der Waals surface area (Å²) in [5.41, 5.74) is 14.6. The number of para-hydroxylation sites is 1. The number of allylic oxidation sites excluding steroid dienone is 2. The van der Waals surface area contributed by atoms with Crippen LogP contribution in [0.1, 0.15) is 29.5 Å². The Morgan fingerprint density at radius 1 is 0.850 bits per heavy atom. The molecule has 4 rings (SSSR count). The van der Waals surface area contributed by atoms with E-state index in [0.717, 1.165) is 30.8 Å². The van der Waals surface area contributed by atoms with Crippen LogP contribution >= 0.6 is 0 Å². The van der Waals surface area contributed by atoms with Gasteiger partial charge in [-0.25, -0.2) is 4.99 Å². The van der Waals surface area contributed by atoms with E-state index in [9.17, 15) is 0 Å². The van der Waals surface area contributed by atoms with Crippen molar-refractivity contribution in [1.29, 1.82) is 0 Å². The lowest BCUT2D eigenvalue weighted by Gasteiger charge is -2.07. The largest absolute Gasteiger partial charge is 0.330 e. The maximum Gasteiger partial charge on any atom is 0.0797 e. The van der Waals surface area contributed by atoms with Gasteiger partial charge in [-0.05, 0) is 36.6 Å². The number of fused-ring (bicyclic) bond motifs is 5. The van der Waals surface area contributed by atoms with Crippen LogP contribution in [-0.4, -0.2) is 12.3 Å². The molecule has 2 heteroatoms. The molecule has 0 amide bonds. The zero-order chi connectivity index (χ0) is 13.5. The van der Waals surface area contributed by atoms with Crippen LogP contribution in [0.3, 0.4) is 0 Å². The highest BCUT2D eigenvalue weighted by atomic mass is 14.8. The molecular formula is C18H16N2. The van der Waals surface area contributed by atoms with E-state index in [1.165, 1.54) is 27.8 Å². The molecule has 0 aromatic heterocycles. The lowest BCUT2D eigenvalue weighted by atomic mass is 9.97. The van der Waals surface area contributed by atoms with Gasteiger partial charge < -0.3 is 5.73 Å². The Labute approximate surface area is 118 Å². The molecule has 98 valence electrons. The van der Waals surface area contributed by atoms with Crippen LogP contribution in [0.4, 0.5) is 5.69 Å². The molecule has 2 nitrogen and oxygen atoms in total. The molecule has 1 aliphatic heterocycles. The van der Waals surface area contributed by atoms with Crippen LogP contribution in [-0.2, 0) is 0 Å². The summed E-state index contributed by atoms with van der Waals surface area (Å²) in [5.74, 6) is 0. The fraction of sp³-hybridized carbons (Fsp3) is 0.167. The van der Waals surface area contributed by atoms with Crippen molar-refractivity contribution in [3.63, 3.8) is 0 Å². The third-order valence-electron chi connectivity index (χ3n) is 4.08. The smallest absolute Gasteiger partial charge is 0.0797 e. The van der Waals surface area contributed by atoms with Gasteiger partial charge in [0.2, 0.25) is 0 Å². The third kappa shape index (κ3) is 1.52. The Morgan fingerprint density at radius 3 is 2.35 bits per heavy atom. The lowest BCUT2D eigenvalue weighted by Crippen LogP contribution is -1.99. The van der Waals surface area contributed by atoms with Gasteiger partial charge in [0, 0.05) is 16.7 Å². The maximum absolute atomic E-state index is 5.71. The van der Waals surface area contributed by atoms with Crippen molar-refractivity contribution in [2.24, 2.45) is 10.7 Å². The van der Waals surface area contributed by atoms with Crippen LogP contribution in [0.5, 0.6) is 0 Å². The highest BCUT2D eigenvalue weighted by Crippen LogP contribution is 2.47. The number of benzene rings is 2. The average Bonchev–Trinajstić information content (AvgIpc) is 3.01. The summed E-state index contributed by atoms with van der Waals surface area (Å²) in [5, 5.41) is 0. The molecule has 0 spiro atoms. The van der Waals surface area contributed by atoms with Crippen LogP contribution < -0.4 is 5.73 Å². The van der Waals surface area contributed by atoms with Crippen LogP contribution in [0, 0.1) is 0 Å². The quantitative estimate of drug-likeness (QED) is 0.896. The normalized spacial score (nSPS) is 14.9. The average molecular weight is 260 g/mol. The van der Waals surface area contributed by atoms with E-state index in [-0.39, 0.29) is 0 Å². The van der Waals surface area contributed by atoms with Gasteiger partial charge in [0.05, 0.1) is 11.4 Å². The summed E-state index contributed by atoms with van der Waals surface area (Å²) in [6, 6.07) is 17.0. The highest BCUT2D eigenvalue weighted by Gasteiger charge is 2.32. The number of nitrogens with two attached hydrogens (primary N) is 1. The minimum Gasteiger partial charge on any atom is -0.330 e. The van der Waals surface area contributed by atoms with Gasteiger partial charge in [-0.15, -0.1) is 0 Å². The summed E-state index contributed by atoms with van der Waals surface area (Å²) >= 11 is 0. The van der Waals surface area contributed by atoms with Crippen LogP contribution in [0.15, 0.2) is 53.5 Å². The molecule has 2 aliphatic rings. The van der Waals surface area contributed by atoms with E-state index in [4.69, 9.17) is 10.7 Å². The van der Waals surface area contributed by atoms with Gasteiger partial charge in [-0.3, -0.25) is 0 Å². The second-order valence-corrected chi connectivity index (χ2v) is 5.27. The van der Waals surface area contributed by atoms with Crippen molar-refractivity contribution in [2.75, 3.05) is 6.54 Å². The van der Waals surface area contributed by atoms with Gasteiger partial charge in [0.25, 0.3) is 0 Å². The molecule has 0 saturated carbocycles. The van der Waals surface area contributed by atoms with E-state index in [2.05, 4.69) is 48.5 Å². The summed E-state index contributed by atoms with van der Waals surface area (Å²) in [7, 11) is 0. The minimum atomic E-state index is 0.729. The van der Waals surface area contributed by atoms with E-state index in [1.807, 2.05) is 0 Å². The molecule has 0 unspecified atom stereocenters. The molecule has 1 heterocycles. The van der Waals surface area contributed by atoms with Crippen molar-refractivity contribution >= 4 is 22.5 Å². The number of aliphatic imine (C=N–C) groups is 1. The number of nitrogens with zero attached hydrogens (tertiary/aromatic N) is 1. The molecule has 20 heavy (non-hydrogen) atoms. The van der Waals surface area contributed by atoms with E-state index < -0.39 is 0 Å². The predicted octanol–water partition coefficient (Wildman–Crippen LogP) is 3.78. The number of rotatable bonds is 3. The molecule has 2 aromatic carbocycles. The first-order valence-electron chi connectivity index (χ1n) is 7.11. The SMILES string of the molecule is NCCCC1=C2C(=Nc3ccccc32)c2ccccc21. The first-order valence-corrected chi connectivity index (χ1v) is 7.11. The molecular weight excluding hydrogens is 244 g/mol. The zero-order valence-corrected chi connectivity index (χ0v) is 11.3. The molecule has 0 bridgehead atoms. The zero-order valence-electron chi connectivity index (χ0n) is 11.3.